The highest BCUT2D eigenvalue weighted by Crippen LogP contribution is 2.28. The van der Waals surface area contributed by atoms with Crippen molar-refractivity contribution in [1.29, 1.82) is 0 Å². The van der Waals surface area contributed by atoms with Gasteiger partial charge >= 0.3 is 0 Å². The molecule has 4 heteroatoms. The fraction of sp³-hybridized carbons (Fsp3) is 0.667. The normalized spacial score (nSPS) is 17.6. The lowest BCUT2D eigenvalue weighted by molar-refractivity contribution is -0.116. The van der Waals surface area contributed by atoms with Gasteiger partial charge in [-0.15, -0.1) is 0 Å². The number of ketones is 1. The third kappa shape index (κ3) is 2.50. The van der Waals surface area contributed by atoms with E-state index in [9.17, 15) is 4.79 Å². The van der Waals surface area contributed by atoms with Gasteiger partial charge in [0, 0.05) is 44.4 Å². The summed E-state index contributed by atoms with van der Waals surface area (Å²) in [7, 11) is 1.91. The summed E-state index contributed by atoms with van der Waals surface area (Å²) >= 11 is 0. The quantitative estimate of drug-likeness (QED) is 0.777. The summed E-state index contributed by atoms with van der Waals surface area (Å²) in [4.78, 5) is 11.2. The molecule has 2 heterocycles. The molecule has 16 heavy (non-hydrogen) atoms. The highest BCUT2D eigenvalue weighted by atomic mass is 16.5. The molecule has 1 fully saturated rings. The summed E-state index contributed by atoms with van der Waals surface area (Å²) in [5.74, 6) is 0.658. The van der Waals surface area contributed by atoms with Crippen LogP contribution in [0.25, 0.3) is 0 Å². The van der Waals surface area contributed by atoms with E-state index in [2.05, 4.69) is 5.10 Å². The summed E-state index contributed by atoms with van der Waals surface area (Å²) < 4.78 is 7.16. The van der Waals surface area contributed by atoms with Crippen LogP contribution in [0.3, 0.4) is 0 Å². The number of aryl methyl sites for hydroxylation is 1. The van der Waals surface area contributed by atoms with Gasteiger partial charge in [0.25, 0.3) is 0 Å². The lowest BCUT2D eigenvalue weighted by atomic mass is 9.92. The number of carbonyl (C=O) groups excluding carboxylic acids is 1. The molecule has 0 aromatic carbocycles. The maximum absolute atomic E-state index is 11.2. The molecule has 2 rings (SSSR count). The highest BCUT2D eigenvalue weighted by molar-refractivity contribution is 5.78. The van der Waals surface area contributed by atoms with Crippen LogP contribution in [-0.2, 0) is 23.0 Å². The second-order valence-corrected chi connectivity index (χ2v) is 4.48. The number of rotatable bonds is 3. The molecule has 0 aliphatic carbocycles. The Morgan fingerprint density at radius 3 is 2.88 bits per heavy atom. The van der Waals surface area contributed by atoms with Gasteiger partial charge < -0.3 is 4.74 Å². The lowest BCUT2D eigenvalue weighted by Gasteiger charge is -2.21. The maximum atomic E-state index is 11.2. The van der Waals surface area contributed by atoms with E-state index in [1.807, 2.05) is 17.9 Å². The molecule has 1 aliphatic heterocycles. The molecule has 0 unspecified atom stereocenters. The molecule has 0 spiro atoms. The van der Waals surface area contributed by atoms with Crippen LogP contribution in [0.15, 0.2) is 6.20 Å². The van der Waals surface area contributed by atoms with Crippen molar-refractivity contribution in [3.63, 3.8) is 0 Å². The topological polar surface area (TPSA) is 44.1 Å². The van der Waals surface area contributed by atoms with Gasteiger partial charge in [-0.1, -0.05) is 0 Å². The van der Waals surface area contributed by atoms with Gasteiger partial charge in [0.05, 0.1) is 5.69 Å². The molecule has 0 N–H and O–H groups in total. The molecule has 0 atom stereocenters. The fourth-order valence-electron chi connectivity index (χ4n) is 2.27. The summed E-state index contributed by atoms with van der Waals surface area (Å²) in [6, 6.07) is 0. The zero-order valence-corrected chi connectivity index (χ0v) is 9.90. The van der Waals surface area contributed by atoms with E-state index in [0.717, 1.165) is 37.3 Å². The van der Waals surface area contributed by atoms with Crippen LogP contribution < -0.4 is 0 Å². The number of Topliss-reactive ketones (excluding diaryl/α,β-unsaturated/α-hetero) is 1. The van der Waals surface area contributed by atoms with Crippen LogP contribution in [-0.4, -0.2) is 28.8 Å². The Morgan fingerprint density at radius 2 is 2.25 bits per heavy atom. The monoisotopic (exact) mass is 222 g/mol. The minimum absolute atomic E-state index is 0.196. The Balaban J connectivity index is 2.20. The van der Waals surface area contributed by atoms with Crippen LogP contribution in [0.5, 0.6) is 0 Å². The Bertz CT molecular complexity index is 378. The molecular formula is C12H18N2O2. The van der Waals surface area contributed by atoms with Crippen molar-refractivity contribution in [1.82, 2.24) is 9.78 Å². The summed E-state index contributed by atoms with van der Waals surface area (Å²) in [6.07, 6.45) is 4.50. The van der Waals surface area contributed by atoms with Crippen molar-refractivity contribution in [3.8, 4) is 0 Å². The van der Waals surface area contributed by atoms with Crippen LogP contribution in [0.1, 0.15) is 36.9 Å². The van der Waals surface area contributed by atoms with E-state index < -0.39 is 0 Å². The zero-order valence-electron chi connectivity index (χ0n) is 9.90. The Kier molecular flexibility index (Phi) is 3.39. The van der Waals surface area contributed by atoms with Crippen molar-refractivity contribution in [2.24, 2.45) is 7.05 Å². The zero-order chi connectivity index (χ0) is 11.5. The van der Waals surface area contributed by atoms with Crippen molar-refractivity contribution in [3.05, 3.63) is 17.5 Å². The van der Waals surface area contributed by atoms with Gasteiger partial charge in [-0.05, 0) is 19.8 Å². The van der Waals surface area contributed by atoms with E-state index in [1.165, 1.54) is 0 Å². The second kappa shape index (κ2) is 4.78. The van der Waals surface area contributed by atoms with Gasteiger partial charge in [-0.3, -0.25) is 9.48 Å². The molecule has 1 aromatic heterocycles. The van der Waals surface area contributed by atoms with Gasteiger partial charge in [0.2, 0.25) is 0 Å². The molecule has 0 radical (unpaired) electrons. The second-order valence-electron chi connectivity index (χ2n) is 4.48. The average molecular weight is 222 g/mol. The van der Waals surface area contributed by atoms with E-state index in [4.69, 9.17) is 4.74 Å². The number of hydrogen-bond donors (Lipinski definition) is 0. The number of nitrogens with zero attached hydrogens (tertiary/aromatic N) is 2. The standard InChI is InChI=1S/C12H18N2O2/c1-9(15)7-11-8-14(2)13-12(11)10-3-5-16-6-4-10/h8,10H,3-7H2,1-2H3. The van der Waals surface area contributed by atoms with Crippen molar-refractivity contribution in [2.75, 3.05) is 13.2 Å². The van der Waals surface area contributed by atoms with Crippen molar-refractivity contribution >= 4 is 5.78 Å². The molecule has 1 saturated heterocycles. The summed E-state index contributed by atoms with van der Waals surface area (Å²) in [6.45, 7) is 3.24. The highest BCUT2D eigenvalue weighted by Gasteiger charge is 2.22. The van der Waals surface area contributed by atoms with Crippen LogP contribution in [0.4, 0.5) is 0 Å². The third-order valence-electron chi connectivity index (χ3n) is 2.98. The van der Waals surface area contributed by atoms with Gasteiger partial charge in [-0.2, -0.15) is 5.10 Å². The van der Waals surface area contributed by atoms with E-state index >= 15 is 0 Å². The van der Waals surface area contributed by atoms with Gasteiger partial charge in [0.1, 0.15) is 5.78 Å². The van der Waals surface area contributed by atoms with E-state index in [0.29, 0.717) is 12.3 Å². The first kappa shape index (κ1) is 11.3. The number of hydrogen-bond acceptors (Lipinski definition) is 3. The lowest BCUT2D eigenvalue weighted by Crippen LogP contribution is -2.16. The maximum Gasteiger partial charge on any atom is 0.134 e. The van der Waals surface area contributed by atoms with Crippen LogP contribution in [0, 0.1) is 0 Å². The number of ether oxygens (including phenoxy) is 1. The fourth-order valence-corrected chi connectivity index (χ4v) is 2.27. The first-order valence-electron chi connectivity index (χ1n) is 5.76. The third-order valence-corrected chi connectivity index (χ3v) is 2.98. The number of aromatic nitrogens is 2. The first-order chi connectivity index (χ1) is 7.66. The summed E-state index contributed by atoms with van der Waals surface area (Å²) in [5, 5.41) is 4.50. The smallest absolute Gasteiger partial charge is 0.134 e. The molecule has 0 saturated carbocycles. The molecule has 0 amide bonds. The van der Waals surface area contributed by atoms with E-state index in [1.54, 1.807) is 6.92 Å². The largest absolute Gasteiger partial charge is 0.381 e. The predicted molar refractivity (Wildman–Crippen MR) is 60.4 cm³/mol. The van der Waals surface area contributed by atoms with Crippen molar-refractivity contribution < 1.29 is 9.53 Å². The molecule has 88 valence electrons. The minimum atomic E-state index is 0.196. The van der Waals surface area contributed by atoms with Gasteiger partial charge in [-0.25, -0.2) is 0 Å². The molecule has 0 bridgehead atoms. The first-order valence-corrected chi connectivity index (χ1v) is 5.76. The van der Waals surface area contributed by atoms with Crippen molar-refractivity contribution in [2.45, 2.75) is 32.1 Å². The summed E-state index contributed by atoms with van der Waals surface area (Å²) in [5.41, 5.74) is 2.18. The Morgan fingerprint density at radius 1 is 1.56 bits per heavy atom. The average Bonchev–Trinajstić information content (AvgIpc) is 2.60. The van der Waals surface area contributed by atoms with Crippen LogP contribution >= 0.6 is 0 Å². The van der Waals surface area contributed by atoms with Gasteiger partial charge in [0.15, 0.2) is 0 Å². The SMILES string of the molecule is CC(=O)Cc1cn(C)nc1C1CCOCC1. The Labute approximate surface area is 95.6 Å². The number of carbonyl (C=O) groups is 1. The molecule has 1 aliphatic rings. The molecule has 4 nitrogen and oxygen atoms in total. The van der Waals surface area contributed by atoms with E-state index in [-0.39, 0.29) is 5.78 Å². The van der Waals surface area contributed by atoms with Crippen LogP contribution in [0.2, 0.25) is 0 Å². The minimum Gasteiger partial charge on any atom is -0.381 e. The predicted octanol–water partition coefficient (Wildman–Crippen LogP) is 1.45. The molecule has 1 aromatic rings. The molecular weight excluding hydrogens is 204 g/mol. The Hall–Kier alpha value is -1.16.